The molecule has 0 aromatic heterocycles. The van der Waals surface area contributed by atoms with Crippen molar-refractivity contribution in [3.63, 3.8) is 0 Å². The molecular formula is C22H21NO6S. The van der Waals surface area contributed by atoms with Crippen molar-refractivity contribution in [3.05, 3.63) is 78.4 Å². The van der Waals surface area contributed by atoms with Crippen LogP contribution in [-0.4, -0.2) is 35.7 Å². The van der Waals surface area contributed by atoms with Crippen molar-refractivity contribution >= 4 is 21.6 Å². The highest BCUT2D eigenvalue weighted by Gasteiger charge is 2.32. The van der Waals surface area contributed by atoms with Gasteiger partial charge in [0.1, 0.15) is 5.75 Å². The van der Waals surface area contributed by atoms with Crippen LogP contribution in [0.4, 0.5) is 5.69 Å². The van der Waals surface area contributed by atoms with Crippen LogP contribution in [0.3, 0.4) is 0 Å². The SMILES string of the molecule is COc1ccc(N(C(=O)c2ccc(OC)c(OC)c2)S(=O)(=O)c2ccccc2)cc1. The van der Waals surface area contributed by atoms with Gasteiger partial charge in [-0.15, -0.1) is 0 Å². The molecule has 0 aliphatic carbocycles. The lowest BCUT2D eigenvalue weighted by atomic mass is 10.2. The van der Waals surface area contributed by atoms with Crippen LogP contribution in [0.15, 0.2) is 77.7 Å². The van der Waals surface area contributed by atoms with Crippen LogP contribution < -0.4 is 18.5 Å². The summed E-state index contributed by atoms with van der Waals surface area (Å²) in [4.78, 5) is 13.4. The quantitative estimate of drug-likeness (QED) is 0.571. The van der Waals surface area contributed by atoms with Crippen molar-refractivity contribution in [3.8, 4) is 17.2 Å². The van der Waals surface area contributed by atoms with Crippen molar-refractivity contribution in [1.82, 2.24) is 0 Å². The predicted octanol–water partition coefficient (Wildman–Crippen LogP) is 3.75. The Morgan fingerprint density at radius 1 is 0.767 bits per heavy atom. The van der Waals surface area contributed by atoms with E-state index in [1.54, 1.807) is 36.4 Å². The van der Waals surface area contributed by atoms with E-state index in [0.29, 0.717) is 17.2 Å². The molecule has 0 N–H and O–H groups in total. The summed E-state index contributed by atoms with van der Waals surface area (Å²) in [6.45, 7) is 0. The first-order chi connectivity index (χ1) is 14.4. The lowest BCUT2D eigenvalue weighted by Crippen LogP contribution is -2.37. The van der Waals surface area contributed by atoms with Crippen LogP contribution in [0.25, 0.3) is 0 Å². The monoisotopic (exact) mass is 427 g/mol. The summed E-state index contributed by atoms with van der Waals surface area (Å²) in [5.41, 5.74) is 0.308. The van der Waals surface area contributed by atoms with Crippen LogP contribution >= 0.6 is 0 Å². The number of hydrogen-bond acceptors (Lipinski definition) is 6. The average molecular weight is 427 g/mol. The van der Waals surface area contributed by atoms with Gasteiger partial charge in [-0.3, -0.25) is 4.79 Å². The maximum atomic E-state index is 13.4. The Labute approximate surface area is 175 Å². The summed E-state index contributed by atoms with van der Waals surface area (Å²) >= 11 is 0. The van der Waals surface area contributed by atoms with Crippen LogP contribution in [0.5, 0.6) is 17.2 Å². The first-order valence-corrected chi connectivity index (χ1v) is 10.4. The van der Waals surface area contributed by atoms with Crippen molar-refractivity contribution in [2.75, 3.05) is 25.6 Å². The molecule has 3 aromatic carbocycles. The molecule has 156 valence electrons. The number of carbonyl (C=O) groups excluding carboxylic acids is 1. The Bertz CT molecular complexity index is 1130. The van der Waals surface area contributed by atoms with Crippen LogP contribution in [0.1, 0.15) is 10.4 Å². The fourth-order valence-electron chi connectivity index (χ4n) is 2.87. The zero-order chi connectivity index (χ0) is 21.7. The maximum Gasteiger partial charge on any atom is 0.272 e. The van der Waals surface area contributed by atoms with E-state index in [2.05, 4.69) is 0 Å². The molecule has 0 spiro atoms. The second kappa shape index (κ2) is 8.87. The van der Waals surface area contributed by atoms with Crippen molar-refractivity contribution < 1.29 is 27.4 Å². The smallest absolute Gasteiger partial charge is 0.272 e. The van der Waals surface area contributed by atoms with E-state index in [-0.39, 0.29) is 16.1 Å². The number of nitrogens with zero attached hydrogens (tertiary/aromatic N) is 1. The van der Waals surface area contributed by atoms with Gasteiger partial charge in [0, 0.05) is 5.56 Å². The molecule has 0 fully saturated rings. The third kappa shape index (κ3) is 4.08. The van der Waals surface area contributed by atoms with Gasteiger partial charge in [0.2, 0.25) is 0 Å². The molecule has 8 heteroatoms. The first-order valence-electron chi connectivity index (χ1n) is 8.93. The molecule has 0 saturated carbocycles. The van der Waals surface area contributed by atoms with Crippen molar-refractivity contribution in [1.29, 1.82) is 0 Å². The Hall–Kier alpha value is -3.52. The number of anilines is 1. The van der Waals surface area contributed by atoms with E-state index in [1.807, 2.05) is 0 Å². The number of methoxy groups -OCH3 is 3. The summed E-state index contributed by atoms with van der Waals surface area (Å²) in [6.07, 6.45) is 0. The van der Waals surface area contributed by atoms with E-state index in [0.717, 1.165) is 4.31 Å². The van der Waals surface area contributed by atoms with Crippen molar-refractivity contribution in [2.24, 2.45) is 0 Å². The van der Waals surface area contributed by atoms with Gasteiger partial charge in [-0.05, 0) is 54.6 Å². The molecule has 3 aromatic rings. The summed E-state index contributed by atoms with van der Waals surface area (Å²) in [7, 11) is 0.230. The fourth-order valence-corrected chi connectivity index (χ4v) is 4.30. The predicted molar refractivity (Wildman–Crippen MR) is 113 cm³/mol. The molecule has 0 atom stereocenters. The maximum absolute atomic E-state index is 13.4. The second-order valence-electron chi connectivity index (χ2n) is 6.16. The van der Waals surface area contributed by atoms with Gasteiger partial charge in [-0.25, -0.2) is 8.42 Å². The van der Waals surface area contributed by atoms with E-state index in [4.69, 9.17) is 14.2 Å². The van der Waals surface area contributed by atoms with Gasteiger partial charge in [0.15, 0.2) is 11.5 Å². The van der Waals surface area contributed by atoms with Crippen molar-refractivity contribution in [2.45, 2.75) is 4.90 Å². The zero-order valence-electron chi connectivity index (χ0n) is 16.7. The molecule has 3 rings (SSSR count). The summed E-state index contributed by atoms with van der Waals surface area (Å²) in [5.74, 6) is 0.547. The van der Waals surface area contributed by atoms with Gasteiger partial charge in [0.25, 0.3) is 15.9 Å². The van der Waals surface area contributed by atoms with Crippen LogP contribution in [0, 0.1) is 0 Å². The molecule has 30 heavy (non-hydrogen) atoms. The molecule has 1 amide bonds. The molecule has 0 heterocycles. The zero-order valence-corrected chi connectivity index (χ0v) is 17.5. The molecule has 0 aliphatic rings. The minimum atomic E-state index is -4.19. The normalized spacial score (nSPS) is 10.9. The highest BCUT2D eigenvalue weighted by Crippen LogP contribution is 2.31. The number of ether oxygens (including phenoxy) is 3. The Morgan fingerprint density at radius 3 is 1.97 bits per heavy atom. The highest BCUT2D eigenvalue weighted by molar-refractivity contribution is 7.93. The molecule has 0 aliphatic heterocycles. The minimum Gasteiger partial charge on any atom is -0.497 e. The number of rotatable bonds is 7. The molecular weight excluding hydrogens is 406 g/mol. The van der Waals surface area contributed by atoms with Gasteiger partial charge in [0.05, 0.1) is 31.9 Å². The number of carbonyl (C=O) groups is 1. The third-order valence-corrected chi connectivity index (χ3v) is 6.13. The average Bonchev–Trinajstić information content (AvgIpc) is 2.79. The largest absolute Gasteiger partial charge is 0.497 e. The number of hydrogen-bond donors (Lipinski definition) is 0. The number of amides is 1. The topological polar surface area (TPSA) is 82.1 Å². The van der Waals surface area contributed by atoms with E-state index in [1.165, 1.54) is 57.7 Å². The number of sulfonamides is 1. The lowest BCUT2D eigenvalue weighted by molar-refractivity contribution is 0.100. The van der Waals surface area contributed by atoms with Gasteiger partial charge >= 0.3 is 0 Å². The van der Waals surface area contributed by atoms with E-state index < -0.39 is 15.9 Å². The Kier molecular flexibility index (Phi) is 6.27. The van der Waals surface area contributed by atoms with E-state index in [9.17, 15) is 13.2 Å². The minimum absolute atomic E-state index is 0.00496. The Balaban J connectivity index is 2.15. The van der Waals surface area contributed by atoms with Crippen LogP contribution in [-0.2, 0) is 10.0 Å². The highest BCUT2D eigenvalue weighted by atomic mass is 32.2. The second-order valence-corrected chi connectivity index (χ2v) is 7.94. The standard InChI is InChI=1S/C22H21NO6S/c1-27-18-12-10-17(11-13-18)23(30(25,26)19-7-5-4-6-8-19)22(24)16-9-14-20(28-2)21(15-16)29-3/h4-15H,1-3H3. The lowest BCUT2D eigenvalue weighted by Gasteiger charge is -2.23. The molecule has 0 bridgehead atoms. The Morgan fingerprint density at radius 2 is 1.40 bits per heavy atom. The van der Waals surface area contributed by atoms with Gasteiger partial charge in [-0.1, -0.05) is 18.2 Å². The molecule has 0 unspecified atom stereocenters. The first kappa shape index (κ1) is 21.2. The summed E-state index contributed by atoms with van der Waals surface area (Å²) < 4.78 is 43.1. The molecule has 0 radical (unpaired) electrons. The number of benzene rings is 3. The van der Waals surface area contributed by atoms with Gasteiger partial charge < -0.3 is 14.2 Å². The van der Waals surface area contributed by atoms with Crippen LogP contribution in [0.2, 0.25) is 0 Å². The molecule has 0 saturated heterocycles. The summed E-state index contributed by atoms with van der Waals surface area (Å²) in [5, 5.41) is 0. The molecule has 7 nitrogen and oxygen atoms in total. The van der Waals surface area contributed by atoms with Gasteiger partial charge in [-0.2, -0.15) is 4.31 Å². The summed E-state index contributed by atoms with van der Waals surface area (Å²) in [6, 6.07) is 18.5. The third-order valence-electron chi connectivity index (χ3n) is 4.40. The van der Waals surface area contributed by atoms with E-state index >= 15 is 0 Å². The fraction of sp³-hybridized carbons (Fsp3) is 0.136.